The Bertz CT molecular complexity index is 616. The lowest BCUT2D eigenvalue weighted by Crippen LogP contribution is -2.01. The van der Waals surface area contributed by atoms with Crippen molar-refractivity contribution >= 4 is 46.2 Å². The molecular weight excluding hydrogens is 265 g/mol. The highest BCUT2D eigenvalue weighted by Gasteiger charge is 2.14. The van der Waals surface area contributed by atoms with Gasteiger partial charge in [-0.3, -0.25) is 4.79 Å². The van der Waals surface area contributed by atoms with Gasteiger partial charge in [-0.15, -0.1) is 0 Å². The third-order valence-electron chi connectivity index (χ3n) is 2.19. The summed E-state index contributed by atoms with van der Waals surface area (Å²) in [5, 5.41) is 0.461. The van der Waals surface area contributed by atoms with E-state index in [1.165, 1.54) is 13.2 Å². The van der Waals surface area contributed by atoms with Gasteiger partial charge in [0.15, 0.2) is 12.0 Å². The van der Waals surface area contributed by atoms with Crippen LogP contribution in [0.5, 0.6) is 5.88 Å². The van der Waals surface area contributed by atoms with Crippen LogP contribution in [0.4, 0.5) is 5.69 Å². The molecule has 0 unspecified atom stereocenters. The molecule has 0 aliphatic heterocycles. The number of nitrogen functional groups attached to an aromatic ring is 1. The number of carbonyl (C=O) groups is 1. The van der Waals surface area contributed by atoms with Crippen LogP contribution in [0.1, 0.15) is 10.5 Å². The number of halogens is 2. The van der Waals surface area contributed by atoms with E-state index in [2.05, 4.69) is 9.97 Å². The second kappa shape index (κ2) is 4.35. The van der Waals surface area contributed by atoms with Crippen LogP contribution >= 0.6 is 23.2 Å². The van der Waals surface area contributed by atoms with Crippen LogP contribution < -0.4 is 10.5 Å². The summed E-state index contributed by atoms with van der Waals surface area (Å²) < 4.78 is 4.93. The number of nitrogens with two attached hydrogens (primary N) is 1. The number of anilines is 1. The fourth-order valence-corrected chi connectivity index (χ4v) is 1.74. The molecule has 0 spiro atoms. The highest BCUT2D eigenvalue weighted by molar-refractivity contribution is 6.44. The van der Waals surface area contributed by atoms with E-state index in [0.717, 1.165) is 0 Å². The fraction of sp³-hybridized carbons (Fsp3) is 0.100. The summed E-state index contributed by atoms with van der Waals surface area (Å²) in [4.78, 5) is 18.9. The number of aldehydes is 1. The van der Waals surface area contributed by atoms with Gasteiger partial charge in [-0.1, -0.05) is 23.2 Å². The lowest BCUT2D eigenvalue weighted by atomic mass is 10.2. The Morgan fingerprint density at radius 3 is 2.71 bits per heavy atom. The van der Waals surface area contributed by atoms with Gasteiger partial charge < -0.3 is 10.5 Å². The van der Waals surface area contributed by atoms with E-state index in [-0.39, 0.29) is 27.3 Å². The highest BCUT2D eigenvalue weighted by atomic mass is 35.5. The number of ether oxygens (including phenoxy) is 1. The standard InChI is InChI=1S/C10H7Cl2N3O2/c1-17-10-6(3-16)14-5-2-4(11)7(12)8(13)9(5)15-10/h2-3H,13H2,1H3. The number of benzene rings is 1. The molecule has 0 saturated carbocycles. The average molecular weight is 272 g/mol. The van der Waals surface area contributed by atoms with E-state index < -0.39 is 0 Å². The Kier molecular flexibility index (Phi) is 3.04. The molecule has 2 aromatic rings. The molecule has 1 aromatic heterocycles. The fourth-order valence-electron chi connectivity index (χ4n) is 1.39. The van der Waals surface area contributed by atoms with Gasteiger partial charge in [-0.2, -0.15) is 0 Å². The van der Waals surface area contributed by atoms with E-state index in [1.807, 2.05) is 0 Å². The molecule has 5 nitrogen and oxygen atoms in total. The first-order valence-corrected chi connectivity index (χ1v) is 5.28. The summed E-state index contributed by atoms with van der Waals surface area (Å²) in [6, 6.07) is 1.50. The van der Waals surface area contributed by atoms with Crippen LogP contribution in [0.3, 0.4) is 0 Å². The summed E-state index contributed by atoms with van der Waals surface area (Å²) in [5.74, 6) is 0.0950. The van der Waals surface area contributed by atoms with Crippen LogP contribution in [-0.4, -0.2) is 23.4 Å². The third-order valence-corrected chi connectivity index (χ3v) is 2.99. The largest absolute Gasteiger partial charge is 0.479 e. The summed E-state index contributed by atoms with van der Waals surface area (Å²) >= 11 is 11.8. The maximum Gasteiger partial charge on any atom is 0.243 e. The molecule has 1 aromatic carbocycles. The lowest BCUT2D eigenvalue weighted by molar-refractivity contribution is 0.111. The molecule has 0 saturated heterocycles. The van der Waals surface area contributed by atoms with Gasteiger partial charge in [0.25, 0.3) is 0 Å². The minimum atomic E-state index is 0.0813. The zero-order chi connectivity index (χ0) is 12.6. The van der Waals surface area contributed by atoms with Crippen LogP contribution in [0.25, 0.3) is 11.0 Å². The van der Waals surface area contributed by atoms with Crippen molar-refractivity contribution in [2.75, 3.05) is 12.8 Å². The molecule has 2 rings (SSSR count). The molecule has 2 N–H and O–H groups in total. The lowest BCUT2D eigenvalue weighted by Gasteiger charge is -2.08. The molecule has 0 atom stereocenters. The van der Waals surface area contributed by atoms with Gasteiger partial charge in [0.1, 0.15) is 5.52 Å². The number of methoxy groups -OCH3 is 1. The second-order valence-electron chi connectivity index (χ2n) is 3.19. The summed E-state index contributed by atoms with van der Waals surface area (Å²) in [7, 11) is 1.39. The first-order chi connectivity index (χ1) is 8.08. The summed E-state index contributed by atoms with van der Waals surface area (Å²) in [5.41, 5.74) is 6.80. The first-order valence-electron chi connectivity index (χ1n) is 4.53. The zero-order valence-corrected chi connectivity index (χ0v) is 10.2. The highest BCUT2D eigenvalue weighted by Crippen LogP contribution is 2.34. The topological polar surface area (TPSA) is 78.1 Å². The number of fused-ring (bicyclic) bond motifs is 1. The Balaban J connectivity index is 2.88. The zero-order valence-electron chi connectivity index (χ0n) is 8.70. The SMILES string of the molecule is COc1nc2c(N)c(Cl)c(Cl)cc2nc1C=O. The van der Waals surface area contributed by atoms with E-state index in [4.69, 9.17) is 33.7 Å². The predicted molar refractivity (Wildman–Crippen MR) is 65.9 cm³/mol. The molecule has 88 valence electrons. The summed E-state index contributed by atoms with van der Waals surface area (Å²) in [6.45, 7) is 0. The van der Waals surface area contributed by atoms with E-state index in [9.17, 15) is 4.79 Å². The molecule has 0 bridgehead atoms. The quantitative estimate of drug-likeness (QED) is 0.670. The van der Waals surface area contributed by atoms with Gasteiger partial charge in [-0.05, 0) is 6.07 Å². The Hall–Kier alpha value is -1.59. The van der Waals surface area contributed by atoms with Crippen molar-refractivity contribution in [3.8, 4) is 5.88 Å². The minimum absolute atomic E-state index is 0.0813. The Morgan fingerprint density at radius 1 is 1.41 bits per heavy atom. The normalized spacial score (nSPS) is 10.5. The van der Waals surface area contributed by atoms with Crippen molar-refractivity contribution in [1.29, 1.82) is 0 Å². The average Bonchev–Trinajstić information content (AvgIpc) is 2.34. The Morgan fingerprint density at radius 2 is 2.12 bits per heavy atom. The minimum Gasteiger partial charge on any atom is -0.479 e. The molecule has 1 heterocycles. The van der Waals surface area contributed by atoms with Crippen LogP contribution in [-0.2, 0) is 0 Å². The molecule has 7 heteroatoms. The van der Waals surface area contributed by atoms with Crippen molar-refractivity contribution < 1.29 is 9.53 Å². The molecule has 17 heavy (non-hydrogen) atoms. The van der Waals surface area contributed by atoms with Gasteiger partial charge in [-0.25, -0.2) is 9.97 Å². The van der Waals surface area contributed by atoms with Crippen molar-refractivity contribution in [1.82, 2.24) is 9.97 Å². The number of nitrogens with zero attached hydrogens (tertiary/aromatic N) is 2. The smallest absolute Gasteiger partial charge is 0.243 e. The van der Waals surface area contributed by atoms with Crippen molar-refractivity contribution in [3.05, 3.63) is 21.8 Å². The van der Waals surface area contributed by atoms with Gasteiger partial charge in [0.2, 0.25) is 5.88 Å². The number of carbonyl (C=O) groups excluding carboxylic acids is 1. The monoisotopic (exact) mass is 271 g/mol. The molecule has 0 fully saturated rings. The van der Waals surface area contributed by atoms with Gasteiger partial charge >= 0.3 is 0 Å². The van der Waals surface area contributed by atoms with Crippen molar-refractivity contribution in [2.45, 2.75) is 0 Å². The molecule has 0 radical (unpaired) electrons. The van der Waals surface area contributed by atoms with Crippen molar-refractivity contribution in [2.24, 2.45) is 0 Å². The maximum absolute atomic E-state index is 10.8. The van der Waals surface area contributed by atoms with E-state index in [1.54, 1.807) is 0 Å². The molecular formula is C10H7Cl2N3O2. The molecule has 0 aliphatic carbocycles. The van der Waals surface area contributed by atoms with Gasteiger partial charge in [0.05, 0.1) is 28.4 Å². The predicted octanol–water partition coefficient (Wildman–Crippen LogP) is 2.34. The second-order valence-corrected chi connectivity index (χ2v) is 3.97. The van der Waals surface area contributed by atoms with Crippen LogP contribution in [0.15, 0.2) is 6.07 Å². The van der Waals surface area contributed by atoms with Crippen molar-refractivity contribution in [3.63, 3.8) is 0 Å². The third kappa shape index (κ3) is 1.87. The van der Waals surface area contributed by atoms with Crippen LogP contribution in [0, 0.1) is 0 Å². The van der Waals surface area contributed by atoms with E-state index >= 15 is 0 Å². The Labute approximate surface area is 107 Å². The molecule has 0 aliphatic rings. The first kappa shape index (κ1) is 11.9. The number of aromatic nitrogens is 2. The number of rotatable bonds is 2. The molecule has 0 amide bonds. The number of hydrogen-bond donors (Lipinski definition) is 1. The van der Waals surface area contributed by atoms with E-state index in [0.29, 0.717) is 17.3 Å². The maximum atomic E-state index is 10.8. The number of hydrogen-bond acceptors (Lipinski definition) is 5. The van der Waals surface area contributed by atoms with Gasteiger partial charge in [0, 0.05) is 0 Å². The van der Waals surface area contributed by atoms with Crippen LogP contribution in [0.2, 0.25) is 10.0 Å². The summed E-state index contributed by atoms with van der Waals surface area (Å²) in [6.07, 6.45) is 0.546.